The first-order valence-electron chi connectivity index (χ1n) is 8.88. The number of thioether (sulfide) groups is 1. The summed E-state index contributed by atoms with van der Waals surface area (Å²) in [5.41, 5.74) is 2.04. The Balaban J connectivity index is 1.30. The van der Waals surface area contributed by atoms with E-state index in [1.807, 2.05) is 23.1 Å². The Kier molecular flexibility index (Phi) is 5.49. The first-order chi connectivity index (χ1) is 13.6. The molecule has 2 aromatic heterocycles. The lowest BCUT2D eigenvalue weighted by molar-refractivity contribution is -0.128. The van der Waals surface area contributed by atoms with Crippen molar-refractivity contribution in [1.82, 2.24) is 20.1 Å². The van der Waals surface area contributed by atoms with E-state index in [4.69, 9.17) is 5.11 Å². The lowest BCUT2D eigenvalue weighted by Crippen LogP contribution is -2.39. The Labute approximate surface area is 169 Å². The van der Waals surface area contributed by atoms with Gasteiger partial charge in [-0.25, -0.2) is 9.78 Å². The third-order valence-electron chi connectivity index (χ3n) is 4.70. The average Bonchev–Trinajstić information content (AvgIpc) is 3.41. The summed E-state index contributed by atoms with van der Waals surface area (Å²) in [7, 11) is 0. The van der Waals surface area contributed by atoms with E-state index in [-0.39, 0.29) is 17.6 Å². The number of carboxylic acids is 1. The quantitative estimate of drug-likeness (QED) is 0.483. The number of H-pyrrole nitrogens is 1. The van der Waals surface area contributed by atoms with Crippen molar-refractivity contribution in [2.75, 3.05) is 24.2 Å². The average molecular weight is 418 g/mol. The number of carboxylic acid groups (broad SMARTS) is 1. The van der Waals surface area contributed by atoms with Crippen molar-refractivity contribution >= 4 is 51.6 Å². The predicted octanol–water partition coefficient (Wildman–Crippen LogP) is 2.91. The van der Waals surface area contributed by atoms with E-state index in [9.17, 15) is 9.59 Å². The number of anilines is 1. The van der Waals surface area contributed by atoms with Crippen LogP contribution in [0.3, 0.4) is 0 Å². The molecular weight excluding hydrogens is 398 g/mol. The molecule has 0 saturated carbocycles. The van der Waals surface area contributed by atoms with Gasteiger partial charge in [-0.05, 0) is 24.6 Å². The molecule has 1 aliphatic heterocycles. The first kappa shape index (κ1) is 18.8. The number of nitrogens with one attached hydrogen (secondary N) is 2. The molecule has 1 amide bonds. The number of aromatic nitrogens is 3. The molecule has 0 aliphatic carbocycles. The number of rotatable bonds is 8. The third-order valence-corrected chi connectivity index (χ3v) is 6.70. The smallest absolute Gasteiger partial charge is 0.355 e. The molecular formula is C18H19N5O3S2. The fraction of sp³-hybridized carbons (Fsp3) is 0.333. The van der Waals surface area contributed by atoms with Crippen molar-refractivity contribution in [3.8, 4) is 0 Å². The van der Waals surface area contributed by atoms with Crippen molar-refractivity contribution in [3.63, 3.8) is 0 Å². The zero-order valence-electron chi connectivity index (χ0n) is 14.9. The predicted molar refractivity (Wildman–Crippen MR) is 109 cm³/mol. The van der Waals surface area contributed by atoms with Crippen LogP contribution in [-0.2, 0) is 4.79 Å². The van der Waals surface area contributed by atoms with Crippen LogP contribution in [0, 0.1) is 0 Å². The van der Waals surface area contributed by atoms with E-state index < -0.39 is 5.97 Å². The van der Waals surface area contributed by atoms with Gasteiger partial charge in [0.15, 0.2) is 10.0 Å². The number of fused-ring (bicyclic) bond motifs is 1. The fourth-order valence-corrected chi connectivity index (χ4v) is 5.06. The molecule has 0 bridgehead atoms. The normalized spacial score (nSPS) is 16.8. The number of benzene rings is 1. The molecule has 0 unspecified atom stereocenters. The standard InChI is InChI=1S/C18H19N5O3S2/c24-16-4-3-13(9-19-12-2-1-11-8-20-22-14(11)7-12)23(16)5-6-27-18-21-15(10-28-18)17(25)26/h1-2,7-8,10,13,19H,3-6,9H2,(H,20,22)(H,25,26)/t13-/m1/s1. The number of aromatic carboxylic acids is 1. The SMILES string of the molecule is O=C(O)c1csc(SCCN2C(=O)CC[C@@H]2CNc2ccc3cn[nH]c3c2)n1. The van der Waals surface area contributed by atoms with E-state index in [0.717, 1.165) is 23.0 Å². The molecule has 0 radical (unpaired) electrons. The minimum atomic E-state index is -1.02. The van der Waals surface area contributed by atoms with Crippen LogP contribution < -0.4 is 5.32 Å². The van der Waals surface area contributed by atoms with Gasteiger partial charge in [-0.3, -0.25) is 9.89 Å². The summed E-state index contributed by atoms with van der Waals surface area (Å²) in [6.45, 7) is 1.31. The minimum Gasteiger partial charge on any atom is -0.476 e. The molecule has 28 heavy (non-hydrogen) atoms. The van der Waals surface area contributed by atoms with Gasteiger partial charge in [0, 0.05) is 47.8 Å². The monoisotopic (exact) mass is 417 g/mol. The molecule has 1 aromatic carbocycles. The molecule has 8 nitrogen and oxygen atoms in total. The molecule has 1 fully saturated rings. The maximum atomic E-state index is 12.3. The Morgan fingerprint density at radius 1 is 1.46 bits per heavy atom. The molecule has 1 aliphatic rings. The van der Waals surface area contributed by atoms with Crippen LogP contribution in [0.2, 0.25) is 0 Å². The van der Waals surface area contributed by atoms with Crippen molar-refractivity contribution in [2.24, 2.45) is 0 Å². The van der Waals surface area contributed by atoms with Crippen LogP contribution in [0.25, 0.3) is 10.9 Å². The molecule has 1 saturated heterocycles. The van der Waals surface area contributed by atoms with Gasteiger partial charge in [-0.15, -0.1) is 11.3 Å². The molecule has 10 heteroatoms. The zero-order chi connectivity index (χ0) is 19.5. The van der Waals surface area contributed by atoms with Gasteiger partial charge < -0.3 is 15.3 Å². The van der Waals surface area contributed by atoms with Gasteiger partial charge in [-0.1, -0.05) is 11.8 Å². The van der Waals surface area contributed by atoms with Crippen LogP contribution >= 0.6 is 23.1 Å². The van der Waals surface area contributed by atoms with Gasteiger partial charge in [-0.2, -0.15) is 5.10 Å². The highest BCUT2D eigenvalue weighted by Gasteiger charge is 2.30. The second kappa shape index (κ2) is 8.19. The van der Waals surface area contributed by atoms with Gasteiger partial charge >= 0.3 is 5.97 Å². The van der Waals surface area contributed by atoms with Crippen LogP contribution in [-0.4, -0.2) is 61.9 Å². The fourth-order valence-electron chi connectivity index (χ4n) is 3.25. The number of aromatic amines is 1. The lowest BCUT2D eigenvalue weighted by atomic mass is 10.2. The van der Waals surface area contributed by atoms with Crippen LogP contribution in [0.4, 0.5) is 5.69 Å². The van der Waals surface area contributed by atoms with E-state index >= 15 is 0 Å². The van der Waals surface area contributed by atoms with E-state index in [2.05, 4.69) is 20.5 Å². The second-order valence-electron chi connectivity index (χ2n) is 6.48. The number of nitrogens with zero attached hydrogens (tertiary/aromatic N) is 3. The minimum absolute atomic E-state index is 0.0704. The summed E-state index contributed by atoms with van der Waals surface area (Å²) < 4.78 is 0.714. The maximum Gasteiger partial charge on any atom is 0.355 e. The topological polar surface area (TPSA) is 111 Å². The van der Waals surface area contributed by atoms with Crippen molar-refractivity contribution < 1.29 is 14.7 Å². The highest BCUT2D eigenvalue weighted by Crippen LogP contribution is 2.25. The summed E-state index contributed by atoms with van der Waals surface area (Å²) in [6, 6.07) is 6.19. The lowest BCUT2D eigenvalue weighted by Gasteiger charge is -2.25. The van der Waals surface area contributed by atoms with Crippen molar-refractivity contribution in [2.45, 2.75) is 23.2 Å². The number of thiazole rings is 1. The molecule has 4 rings (SSSR count). The number of likely N-dealkylation sites (tertiary alicyclic amines) is 1. The number of carbonyl (C=O) groups excluding carboxylic acids is 1. The largest absolute Gasteiger partial charge is 0.476 e. The molecule has 3 heterocycles. The number of carbonyl (C=O) groups is 2. The van der Waals surface area contributed by atoms with Gasteiger partial charge in [0.25, 0.3) is 0 Å². The van der Waals surface area contributed by atoms with Crippen molar-refractivity contribution in [3.05, 3.63) is 35.5 Å². The highest BCUT2D eigenvalue weighted by molar-refractivity contribution is 8.01. The van der Waals surface area contributed by atoms with Crippen molar-refractivity contribution in [1.29, 1.82) is 0 Å². The summed E-state index contributed by atoms with van der Waals surface area (Å²) in [4.78, 5) is 29.1. The Bertz CT molecular complexity index is 1000. The Morgan fingerprint density at radius 2 is 2.36 bits per heavy atom. The van der Waals surface area contributed by atoms with Crippen LogP contribution in [0.1, 0.15) is 23.3 Å². The molecule has 1 atom stereocenters. The van der Waals surface area contributed by atoms with Gasteiger partial charge in [0.1, 0.15) is 0 Å². The van der Waals surface area contributed by atoms with E-state index in [1.54, 1.807) is 6.20 Å². The first-order valence-corrected chi connectivity index (χ1v) is 10.7. The summed E-state index contributed by atoms with van der Waals surface area (Å²) in [5, 5.41) is 21.9. The third kappa shape index (κ3) is 4.12. The number of amides is 1. The number of hydrogen-bond acceptors (Lipinski definition) is 7. The van der Waals surface area contributed by atoms with Gasteiger partial charge in [0.05, 0.1) is 11.7 Å². The maximum absolute atomic E-state index is 12.3. The van der Waals surface area contributed by atoms with E-state index in [1.165, 1.54) is 28.5 Å². The molecule has 0 spiro atoms. The van der Waals surface area contributed by atoms with Crippen LogP contribution in [0.15, 0.2) is 34.1 Å². The Hall–Kier alpha value is -2.59. The van der Waals surface area contributed by atoms with Crippen LogP contribution in [0.5, 0.6) is 0 Å². The molecule has 3 aromatic rings. The van der Waals surface area contributed by atoms with Gasteiger partial charge in [0.2, 0.25) is 5.91 Å². The zero-order valence-corrected chi connectivity index (χ0v) is 16.6. The number of hydrogen-bond donors (Lipinski definition) is 3. The highest BCUT2D eigenvalue weighted by atomic mass is 32.2. The summed E-state index contributed by atoms with van der Waals surface area (Å²) >= 11 is 2.80. The molecule has 146 valence electrons. The Morgan fingerprint density at radius 3 is 3.18 bits per heavy atom. The molecule has 3 N–H and O–H groups in total. The second-order valence-corrected chi connectivity index (χ2v) is 8.68. The summed E-state index contributed by atoms with van der Waals surface area (Å²) in [6.07, 6.45) is 3.19. The van der Waals surface area contributed by atoms with E-state index in [0.29, 0.717) is 29.6 Å². The summed E-state index contributed by atoms with van der Waals surface area (Å²) in [5.74, 6) is -0.159.